The van der Waals surface area contributed by atoms with Gasteiger partial charge >= 0.3 is 0 Å². The van der Waals surface area contributed by atoms with E-state index in [0.717, 1.165) is 30.8 Å². The van der Waals surface area contributed by atoms with Crippen molar-refractivity contribution in [3.8, 4) is 0 Å². The number of carbonyl (C=O) groups is 1. The normalized spacial score (nSPS) is 21.6. The van der Waals surface area contributed by atoms with E-state index in [9.17, 15) is 4.79 Å². The van der Waals surface area contributed by atoms with Gasteiger partial charge in [-0.3, -0.25) is 4.79 Å². The van der Waals surface area contributed by atoms with Crippen LogP contribution in [0.3, 0.4) is 0 Å². The van der Waals surface area contributed by atoms with E-state index in [4.69, 9.17) is 0 Å². The van der Waals surface area contributed by atoms with Crippen molar-refractivity contribution >= 4 is 5.91 Å². The highest BCUT2D eigenvalue weighted by molar-refractivity contribution is 5.94. The molecule has 3 nitrogen and oxygen atoms in total. The molecule has 1 atom stereocenters. The fraction of sp³-hybridized carbons (Fsp3) is 0.500. The molecule has 3 heteroatoms. The summed E-state index contributed by atoms with van der Waals surface area (Å²) in [5, 5.41) is 0. The number of rotatable bonds is 1. The summed E-state index contributed by atoms with van der Waals surface area (Å²) in [4.78, 5) is 16.6. The Balaban J connectivity index is 2.15. The van der Waals surface area contributed by atoms with Gasteiger partial charge in [0.1, 0.15) is 0 Å². The highest BCUT2D eigenvalue weighted by atomic mass is 16.2. The molecule has 0 aliphatic carbocycles. The first-order chi connectivity index (χ1) is 8.08. The van der Waals surface area contributed by atoms with Crippen LogP contribution in [-0.4, -0.2) is 48.4 Å². The van der Waals surface area contributed by atoms with E-state index < -0.39 is 0 Å². The van der Waals surface area contributed by atoms with E-state index in [1.807, 2.05) is 36.1 Å². The maximum Gasteiger partial charge on any atom is 0.254 e. The topological polar surface area (TPSA) is 23.6 Å². The lowest BCUT2D eigenvalue weighted by Crippen LogP contribution is -2.52. The Morgan fingerprint density at radius 3 is 2.76 bits per heavy atom. The number of nitrogens with zero attached hydrogens (tertiary/aromatic N) is 2. The van der Waals surface area contributed by atoms with Crippen LogP contribution in [0.2, 0.25) is 0 Å². The molecule has 0 saturated carbocycles. The highest BCUT2D eigenvalue weighted by Gasteiger charge is 2.26. The number of carbonyl (C=O) groups excluding carboxylic acids is 1. The Kier molecular flexibility index (Phi) is 3.48. The molecule has 1 aromatic carbocycles. The molecule has 0 radical (unpaired) electrons. The van der Waals surface area contributed by atoms with Crippen LogP contribution in [0.1, 0.15) is 22.8 Å². The molecule has 0 spiro atoms. The molecule has 92 valence electrons. The molecule has 0 bridgehead atoms. The Labute approximate surface area is 103 Å². The molecule has 1 heterocycles. The SMILES string of the molecule is Cc1cccc(C(=O)N2CCN(C)CC2C)c1. The predicted molar refractivity (Wildman–Crippen MR) is 69.2 cm³/mol. The van der Waals surface area contributed by atoms with Gasteiger partial charge in [0.15, 0.2) is 0 Å². The van der Waals surface area contributed by atoms with Gasteiger partial charge in [-0.15, -0.1) is 0 Å². The third-order valence-corrected chi connectivity index (χ3v) is 3.36. The van der Waals surface area contributed by atoms with Gasteiger partial charge in [0.2, 0.25) is 0 Å². The molecule has 1 amide bonds. The average molecular weight is 232 g/mol. The molecule has 0 aromatic heterocycles. The first-order valence-electron chi connectivity index (χ1n) is 6.14. The first kappa shape index (κ1) is 12.1. The standard InChI is InChI=1S/C14H20N2O/c1-11-5-4-6-13(9-11)14(17)16-8-7-15(3)10-12(16)2/h4-6,9,12H,7-8,10H2,1-3H3. The summed E-state index contributed by atoms with van der Waals surface area (Å²) in [6.45, 7) is 6.87. The number of amides is 1. The summed E-state index contributed by atoms with van der Waals surface area (Å²) in [6, 6.07) is 8.13. The van der Waals surface area contributed by atoms with Crippen molar-refractivity contribution in [2.45, 2.75) is 19.9 Å². The largest absolute Gasteiger partial charge is 0.333 e. The van der Waals surface area contributed by atoms with E-state index in [1.54, 1.807) is 0 Å². The Bertz CT molecular complexity index is 416. The van der Waals surface area contributed by atoms with Crippen LogP contribution >= 0.6 is 0 Å². The third kappa shape index (κ3) is 2.67. The number of likely N-dealkylation sites (N-methyl/N-ethyl adjacent to an activating group) is 1. The van der Waals surface area contributed by atoms with Gasteiger partial charge in [0, 0.05) is 31.2 Å². The van der Waals surface area contributed by atoms with Crippen LogP contribution < -0.4 is 0 Å². The highest BCUT2D eigenvalue weighted by Crippen LogP contribution is 2.14. The minimum Gasteiger partial charge on any atom is -0.333 e. The number of benzene rings is 1. The van der Waals surface area contributed by atoms with Gasteiger partial charge < -0.3 is 9.80 Å². The molecule has 1 fully saturated rings. The summed E-state index contributed by atoms with van der Waals surface area (Å²) in [7, 11) is 2.10. The minimum atomic E-state index is 0.161. The lowest BCUT2D eigenvalue weighted by atomic mass is 10.1. The molecular weight excluding hydrogens is 212 g/mol. The number of aryl methyl sites for hydroxylation is 1. The molecule has 1 saturated heterocycles. The fourth-order valence-electron chi connectivity index (χ4n) is 2.39. The summed E-state index contributed by atoms with van der Waals surface area (Å²) in [6.07, 6.45) is 0. The zero-order valence-corrected chi connectivity index (χ0v) is 10.8. The van der Waals surface area contributed by atoms with Crippen molar-refractivity contribution in [1.29, 1.82) is 0 Å². The van der Waals surface area contributed by atoms with E-state index >= 15 is 0 Å². The minimum absolute atomic E-state index is 0.161. The molecular formula is C14H20N2O. The summed E-state index contributed by atoms with van der Waals surface area (Å²) < 4.78 is 0. The number of hydrogen-bond donors (Lipinski definition) is 0. The monoisotopic (exact) mass is 232 g/mol. The maximum absolute atomic E-state index is 12.4. The average Bonchev–Trinajstić information content (AvgIpc) is 2.28. The van der Waals surface area contributed by atoms with Crippen LogP contribution in [0.4, 0.5) is 0 Å². The number of piperazine rings is 1. The van der Waals surface area contributed by atoms with Crippen molar-refractivity contribution < 1.29 is 4.79 Å². The smallest absolute Gasteiger partial charge is 0.254 e. The van der Waals surface area contributed by atoms with E-state index in [2.05, 4.69) is 18.9 Å². The van der Waals surface area contributed by atoms with Crippen molar-refractivity contribution in [3.63, 3.8) is 0 Å². The van der Waals surface area contributed by atoms with Crippen LogP contribution in [0.15, 0.2) is 24.3 Å². The van der Waals surface area contributed by atoms with E-state index in [-0.39, 0.29) is 5.91 Å². The second kappa shape index (κ2) is 4.88. The Morgan fingerprint density at radius 2 is 2.12 bits per heavy atom. The summed E-state index contributed by atoms with van der Waals surface area (Å²) in [5.74, 6) is 0.161. The summed E-state index contributed by atoms with van der Waals surface area (Å²) in [5.41, 5.74) is 1.94. The van der Waals surface area contributed by atoms with E-state index in [0.29, 0.717) is 6.04 Å². The summed E-state index contributed by atoms with van der Waals surface area (Å²) >= 11 is 0. The van der Waals surface area contributed by atoms with Crippen molar-refractivity contribution in [2.24, 2.45) is 0 Å². The predicted octanol–water partition coefficient (Wildman–Crippen LogP) is 1.77. The van der Waals surface area contributed by atoms with Gasteiger partial charge in [-0.05, 0) is 33.0 Å². The lowest BCUT2D eigenvalue weighted by molar-refractivity contribution is 0.0533. The molecule has 0 N–H and O–H groups in total. The van der Waals surface area contributed by atoms with Crippen LogP contribution in [0, 0.1) is 6.92 Å². The van der Waals surface area contributed by atoms with E-state index in [1.165, 1.54) is 0 Å². The molecule has 1 aromatic rings. The third-order valence-electron chi connectivity index (χ3n) is 3.36. The fourth-order valence-corrected chi connectivity index (χ4v) is 2.39. The van der Waals surface area contributed by atoms with Gasteiger partial charge in [-0.2, -0.15) is 0 Å². The van der Waals surface area contributed by atoms with Crippen molar-refractivity contribution in [1.82, 2.24) is 9.80 Å². The van der Waals surface area contributed by atoms with Gasteiger partial charge in [-0.25, -0.2) is 0 Å². The lowest BCUT2D eigenvalue weighted by Gasteiger charge is -2.38. The van der Waals surface area contributed by atoms with Gasteiger partial charge in [-0.1, -0.05) is 17.7 Å². The Morgan fingerprint density at radius 1 is 1.35 bits per heavy atom. The molecule has 1 aliphatic heterocycles. The van der Waals surface area contributed by atoms with Gasteiger partial charge in [0.25, 0.3) is 5.91 Å². The zero-order chi connectivity index (χ0) is 12.4. The number of hydrogen-bond acceptors (Lipinski definition) is 2. The zero-order valence-electron chi connectivity index (χ0n) is 10.8. The molecule has 1 aliphatic rings. The van der Waals surface area contributed by atoms with Crippen molar-refractivity contribution in [2.75, 3.05) is 26.7 Å². The van der Waals surface area contributed by atoms with Crippen LogP contribution in [-0.2, 0) is 0 Å². The Hall–Kier alpha value is -1.35. The molecule has 2 rings (SSSR count). The van der Waals surface area contributed by atoms with Gasteiger partial charge in [0.05, 0.1) is 0 Å². The molecule has 1 unspecified atom stereocenters. The quantitative estimate of drug-likeness (QED) is 0.737. The molecule has 17 heavy (non-hydrogen) atoms. The van der Waals surface area contributed by atoms with Crippen molar-refractivity contribution in [3.05, 3.63) is 35.4 Å². The maximum atomic E-state index is 12.4. The van der Waals surface area contributed by atoms with Crippen LogP contribution in [0.5, 0.6) is 0 Å². The first-order valence-corrected chi connectivity index (χ1v) is 6.14. The second-order valence-electron chi connectivity index (χ2n) is 4.98. The van der Waals surface area contributed by atoms with Crippen LogP contribution in [0.25, 0.3) is 0 Å². The second-order valence-corrected chi connectivity index (χ2v) is 4.98.